The monoisotopic (exact) mass is 344 g/mol. The van der Waals surface area contributed by atoms with Crippen LogP contribution in [0.3, 0.4) is 0 Å². The minimum absolute atomic E-state index is 0.0512. The van der Waals surface area contributed by atoms with Gasteiger partial charge >= 0.3 is 0 Å². The lowest BCUT2D eigenvalue weighted by Crippen LogP contribution is -2.30. The van der Waals surface area contributed by atoms with Gasteiger partial charge in [0, 0.05) is 24.3 Å². The molecule has 0 aliphatic heterocycles. The highest BCUT2D eigenvalue weighted by atomic mass is 16.2. The highest BCUT2D eigenvalue weighted by molar-refractivity contribution is 6.00. The zero-order valence-electron chi connectivity index (χ0n) is 15.3. The molecule has 0 aliphatic rings. The van der Waals surface area contributed by atoms with Gasteiger partial charge in [-0.1, -0.05) is 60.7 Å². The van der Waals surface area contributed by atoms with Crippen LogP contribution in [0.2, 0.25) is 0 Å². The number of carbonyl (C=O) groups is 1. The topological polar surface area (TPSA) is 32.3 Å². The van der Waals surface area contributed by atoms with E-state index in [-0.39, 0.29) is 5.91 Å². The SMILES string of the molecule is CCN(CC)C(=O)c1ccccc1Nc1ccccc1-c1ccccc1. The molecular weight excluding hydrogens is 320 g/mol. The number of carbonyl (C=O) groups excluding carboxylic acids is 1. The van der Waals surface area contributed by atoms with Gasteiger partial charge in [-0.2, -0.15) is 0 Å². The van der Waals surface area contributed by atoms with Crippen molar-refractivity contribution in [3.05, 3.63) is 84.4 Å². The van der Waals surface area contributed by atoms with Crippen molar-refractivity contribution < 1.29 is 4.79 Å². The molecule has 3 aromatic carbocycles. The van der Waals surface area contributed by atoms with E-state index in [4.69, 9.17) is 0 Å². The normalized spacial score (nSPS) is 10.4. The van der Waals surface area contributed by atoms with Crippen molar-refractivity contribution in [1.82, 2.24) is 4.90 Å². The van der Waals surface area contributed by atoms with E-state index in [9.17, 15) is 4.79 Å². The van der Waals surface area contributed by atoms with Crippen molar-refractivity contribution >= 4 is 17.3 Å². The Morgan fingerprint density at radius 1 is 0.769 bits per heavy atom. The summed E-state index contributed by atoms with van der Waals surface area (Å²) >= 11 is 0. The first-order valence-electron chi connectivity index (χ1n) is 9.04. The van der Waals surface area contributed by atoms with E-state index in [1.54, 1.807) is 0 Å². The van der Waals surface area contributed by atoms with Gasteiger partial charge in [-0.05, 0) is 37.6 Å². The number of anilines is 2. The fourth-order valence-electron chi connectivity index (χ4n) is 3.07. The number of benzene rings is 3. The number of para-hydroxylation sites is 2. The number of amides is 1. The minimum atomic E-state index is 0.0512. The molecule has 3 heteroatoms. The first kappa shape index (κ1) is 17.7. The van der Waals surface area contributed by atoms with E-state index < -0.39 is 0 Å². The van der Waals surface area contributed by atoms with E-state index in [1.807, 2.05) is 79.4 Å². The summed E-state index contributed by atoms with van der Waals surface area (Å²) in [5.41, 5.74) is 4.76. The number of hydrogen-bond donors (Lipinski definition) is 1. The predicted molar refractivity (Wildman–Crippen MR) is 109 cm³/mol. The van der Waals surface area contributed by atoms with E-state index in [0.717, 1.165) is 22.5 Å². The second-order valence-electron chi connectivity index (χ2n) is 6.06. The molecule has 3 rings (SSSR count). The van der Waals surface area contributed by atoms with Crippen LogP contribution in [0.1, 0.15) is 24.2 Å². The first-order chi connectivity index (χ1) is 12.7. The third kappa shape index (κ3) is 3.77. The molecule has 0 unspecified atom stereocenters. The molecule has 1 amide bonds. The van der Waals surface area contributed by atoms with Gasteiger partial charge in [0.2, 0.25) is 0 Å². The fourth-order valence-corrected chi connectivity index (χ4v) is 3.07. The van der Waals surface area contributed by atoms with Crippen molar-refractivity contribution in [1.29, 1.82) is 0 Å². The summed E-state index contributed by atoms with van der Waals surface area (Å²) in [6.07, 6.45) is 0. The Balaban J connectivity index is 1.98. The number of rotatable bonds is 6. The van der Waals surface area contributed by atoms with Gasteiger partial charge in [-0.3, -0.25) is 4.79 Å². The maximum atomic E-state index is 12.9. The molecule has 0 heterocycles. The van der Waals surface area contributed by atoms with Crippen LogP contribution in [0.15, 0.2) is 78.9 Å². The number of nitrogens with zero attached hydrogens (tertiary/aromatic N) is 1. The van der Waals surface area contributed by atoms with Gasteiger partial charge in [-0.15, -0.1) is 0 Å². The first-order valence-corrected chi connectivity index (χ1v) is 9.04. The van der Waals surface area contributed by atoms with Crippen LogP contribution >= 0.6 is 0 Å². The third-order valence-corrected chi connectivity index (χ3v) is 4.49. The Bertz CT molecular complexity index is 870. The van der Waals surface area contributed by atoms with Crippen molar-refractivity contribution in [3.8, 4) is 11.1 Å². The molecule has 0 saturated carbocycles. The number of hydrogen-bond acceptors (Lipinski definition) is 2. The average molecular weight is 344 g/mol. The van der Waals surface area contributed by atoms with Crippen LogP contribution in [0.5, 0.6) is 0 Å². The van der Waals surface area contributed by atoms with Crippen LogP contribution in [0.4, 0.5) is 11.4 Å². The zero-order valence-corrected chi connectivity index (χ0v) is 15.3. The molecule has 0 spiro atoms. The largest absolute Gasteiger partial charge is 0.354 e. The maximum absolute atomic E-state index is 12.9. The lowest BCUT2D eigenvalue weighted by Gasteiger charge is -2.21. The molecule has 0 atom stereocenters. The predicted octanol–water partition coefficient (Wildman–Crippen LogP) is 5.58. The molecule has 0 fully saturated rings. The molecule has 0 saturated heterocycles. The van der Waals surface area contributed by atoms with Crippen molar-refractivity contribution in [2.75, 3.05) is 18.4 Å². The fraction of sp³-hybridized carbons (Fsp3) is 0.174. The van der Waals surface area contributed by atoms with Crippen molar-refractivity contribution in [3.63, 3.8) is 0 Å². The van der Waals surface area contributed by atoms with Gasteiger partial charge in [0.15, 0.2) is 0 Å². The number of nitrogens with one attached hydrogen (secondary N) is 1. The molecule has 0 bridgehead atoms. The minimum Gasteiger partial charge on any atom is -0.354 e. The van der Waals surface area contributed by atoms with Crippen molar-refractivity contribution in [2.24, 2.45) is 0 Å². The zero-order chi connectivity index (χ0) is 18.4. The maximum Gasteiger partial charge on any atom is 0.255 e. The molecule has 26 heavy (non-hydrogen) atoms. The quantitative estimate of drug-likeness (QED) is 0.633. The standard InChI is InChI=1S/C23H24N2O/c1-3-25(4-2)23(26)20-15-9-11-17-22(20)24-21-16-10-8-14-19(21)18-12-6-5-7-13-18/h5-17,24H,3-4H2,1-2H3. The smallest absolute Gasteiger partial charge is 0.255 e. The van der Waals surface area contributed by atoms with Crippen LogP contribution < -0.4 is 5.32 Å². The Hall–Kier alpha value is -3.07. The van der Waals surface area contributed by atoms with Crippen LogP contribution in [0, 0.1) is 0 Å². The summed E-state index contributed by atoms with van der Waals surface area (Å²) in [6, 6.07) is 26.1. The lowest BCUT2D eigenvalue weighted by molar-refractivity contribution is 0.0774. The summed E-state index contributed by atoms with van der Waals surface area (Å²) in [7, 11) is 0. The van der Waals surface area contributed by atoms with Crippen LogP contribution in [0.25, 0.3) is 11.1 Å². The second kappa shape index (κ2) is 8.34. The Morgan fingerprint density at radius 2 is 1.35 bits per heavy atom. The van der Waals surface area contributed by atoms with Gasteiger partial charge in [0.05, 0.1) is 11.3 Å². The molecule has 3 aromatic rings. The van der Waals surface area contributed by atoms with E-state index in [1.165, 1.54) is 0 Å². The van der Waals surface area contributed by atoms with Gasteiger partial charge in [0.25, 0.3) is 5.91 Å². The molecule has 3 nitrogen and oxygen atoms in total. The van der Waals surface area contributed by atoms with Crippen LogP contribution in [-0.4, -0.2) is 23.9 Å². The molecule has 0 aliphatic carbocycles. The highest BCUT2D eigenvalue weighted by Crippen LogP contribution is 2.31. The summed E-state index contributed by atoms with van der Waals surface area (Å²) < 4.78 is 0. The molecule has 132 valence electrons. The van der Waals surface area contributed by atoms with Crippen molar-refractivity contribution in [2.45, 2.75) is 13.8 Å². The summed E-state index contributed by atoms with van der Waals surface area (Å²) in [6.45, 7) is 5.40. The summed E-state index contributed by atoms with van der Waals surface area (Å²) in [5, 5.41) is 3.48. The van der Waals surface area contributed by atoms with E-state index >= 15 is 0 Å². The molecule has 0 aromatic heterocycles. The van der Waals surface area contributed by atoms with Gasteiger partial charge in [-0.25, -0.2) is 0 Å². The third-order valence-electron chi connectivity index (χ3n) is 4.49. The van der Waals surface area contributed by atoms with Gasteiger partial charge in [0.1, 0.15) is 0 Å². The van der Waals surface area contributed by atoms with Gasteiger partial charge < -0.3 is 10.2 Å². The van der Waals surface area contributed by atoms with E-state index in [0.29, 0.717) is 18.7 Å². The lowest BCUT2D eigenvalue weighted by atomic mass is 10.0. The average Bonchev–Trinajstić information content (AvgIpc) is 2.70. The summed E-state index contributed by atoms with van der Waals surface area (Å²) in [5.74, 6) is 0.0512. The summed E-state index contributed by atoms with van der Waals surface area (Å²) in [4.78, 5) is 14.7. The second-order valence-corrected chi connectivity index (χ2v) is 6.06. The Kier molecular flexibility index (Phi) is 5.69. The van der Waals surface area contributed by atoms with E-state index in [2.05, 4.69) is 23.5 Å². The Morgan fingerprint density at radius 3 is 2.04 bits per heavy atom. The highest BCUT2D eigenvalue weighted by Gasteiger charge is 2.16. The molecule has 0 radical (unpaired) electrons. The Labute approximate surface area is 155 Å². The molecule has 1 N–H and O–H groups in total. The van der Waals surface area contributed by atoms with Crippen LogP contribution in [-0.2, 0) is 0 Å². The molecular formula is C23H24N2O.